The summed E-state index contributed by atoms with van der Waals surface area (Å²) in [7, 11) is -1.65. The zero-order chi connectivity index (χ0) is 16.0. The molecule has 1 aliphatic rings. The van der Waals surface area contributed by atoms with Crippen molar-refractivity contribution in [3.05, 3.63) is 24.3 Å². The molecule has 22 heavy (non-hydrogen) atoms. The number of benzene rings is 1. The molecule has 7 heteroatoms. The molecule has 1 unspecified atom stereocenters. The Morgan fingerprint density at radius 2 is 2.09 bits per heavy atom. The van der Waals surface area contributed by atoms with Crippen LogP contribution in [0.5, 0.6) is 5.75 Å². The van der Waals surface area contributed by atoms with Crippen molar-refractivity contribution in [3.8, 4) is 5.75 Å². The van der Waals surface area contributed by atoms with Gasteiger partial charge in [-0.15, -0.1) is 0 Å². The van der Waals surface area contributed by atoms with E-state index in [0.29, 0.717) is 18.3 Å². The Morgan fingerprint density at radius 1 is 1.36 bits per heavy atom. The summed E-state index contributed by atoms with van der Waals surface area (Å²) in [4.78, 5) is 2.52. The Bertz CT molecular complexity index is 558. The fourth-order valence-corrected chi connectivity index (χ4v) is 3.34. The Balaban J connectivity index is 1.76. The number of nitrogens with two attached hydrogens (primary N) is 1. The van der Waals surface area contributed by atoms with Gasteiger partial charge in [0.05, 0.1) is 4.90 Å². The highest BCUT2D eigenvalue weighted by atomic mass is 32.2. The zero-order valence-corrected chi connectivity index (χ0v) is 13.8. The summed E-state index contributed by atoms with van der Waals surface area (Å²) in [6, 6.07) is 6.21. The van der Waals surface area contributed by atoms with Crippen LogP contribution >= 0.6 is 0 Å². The highest BCUT2D eigenvalue weighted by molar-refractivity contribution is 7.89. The van der Waals surface area contributed by atoms with Crippen LogP contribution in [0.1, 0.15) is 12.8 Å². The minimum atomic E-state index is -3.64. The molecule has 1 aliphatic heterocycles. The summed E-state index contributed by atoms with van der Waals surface area (Å²) >= 11 is 0. The summed E-state index contributed by atoms with van der Waals surface area (Å²) in [5, 5.41) is 8.30. The lowest BCUT2D eigenvalue weighted by Gasteiger charge is -2.32. The molecule has 1 fully saturated rings. The summed E-state index contributed by atoms with van der Waals surface area (Å²) in [5.74, 6) is 1.38. The monoisotopic (exact) mass is 327 g/mol. The van der Waals surface area contributed by atoms with Crippen molar-refractivity contribution < 1.29 is 13.2 Å². The lowest BCUT2D eigenvalue weighted by atomic mass is 9.98. The number of sulfonamides is 1. The molecule has 0 spiro atoms. The number of hydrogen-bond donors (Lipinski definition) is 2. The number of piperidine rings is 1. The molecule has 2 rings (SSSR count). The number of rotatable bonds is 7. The number of nitrogens with zero attached hydrogens (tertiary/aromatic N) is 1. The Labute approximate surface area is 132 Å². The van der Waals surface area contributed by atoms with Crippen molar-refractivity contribution in [3.63, 3.8) is 0 Å². The topological polar surface area (TPSA) is 84.7 Å². The molecule has 0 aliphatic carbocycles. The third kappa shape index (κ3) is 5.24. The molecule has 0 bridgehead atoms. The average molecular weight is 327 g/mol. The molecule has 1 saturated heterocycles. The summed E-state index contributed by atoms with van der Waals surface area (Å²) in [6.07, 6.45) is 2.52. The van der Waals surface area contributed by atoms with Crippen LogP contribution in [-0.2, 0) is 10.0 Å². The Morgan fingerprint density at radius 3 is 2.73 bits per heavy atom. The lowest BCUT2D eigenvalue weighted by molar-refractivity contribution is 0.146. The third-order valence-corrected chi connectivity index (χ3v) is 4.85. The predicted molar refractivity (Wildman–Crippen MR) is 86.4 cm³/mol. The molecule has 1 aromatic carbocycles. The molecule has 6 nitrogen and oxygen atoms in total. The predicted octanol–water partition coefficient (Wildman–Crippen LogP) is 0.644. The van der Waals surface area contributed by atoms with Gasteiger partial charge in [-0.05, 0) is 63.2 Å². The minimum absolute atomic E-state index is 0.103. The van der Waals surface area contributed by atoms with Crippen molar-refractivity contribution in [2.75, 3.05) is 39.8 Å². The van der Waals surface area contributed by atoms with E-state index in [9.17, 15) is 8.42 Å². The molecular weight excluding hydrogens is 302 g/mol. The first kappa shape index (κ1) is 17.2. The van der Waals surface area contributed by atoms with E-state index in [2.05, 4.69) is 10.2 Å². The third-order valence-electron chi connectivity index (χ3n) is 3.92. The molecule has 124 valence electrons. The standard InChI is InChI=1S/C15H25N3O3S/c1-17-11-13-3-2-8-18(12-13)9-10-21-14-4-6-15(7-5-14)22(16,19)20/h4-7,13,17H,2-3,8-12H2,1H3,(H2,16,19,20). The van der Waals surface area contributed by atoms with Crippen molar-refractivity contribution in [1.29, 1.82) is 0 Å². The van der Waals surface area contributed by atoms with Gasteiger partial charge in [0, 0.05) is 13.1 Å². The van der Waals surface area contributed by atoms with E-state index >= 15 is 0 Å². The highest BCUT2D eigenvalue weighted by Crippen LogP contribution is 2.17. The van der Waals surface area contributed by atoms with Gasteiger partial charge in [0.15, 0.2) is 0 Å². The van der Waals surface area contributed by atoms with Crippen molar-refractivity contribution in [2.45, 2.75) is 17.7 Å². The van der Waals surface area contributed by atoms with Gasteiger partial charge in [-0.25, -0.2) is 13.6 Å². The van der Waals surface area contributed by atoms with Crippen LogP contribution in [0.25, 0.3) is 0 Å². The van der Waals surface area contributed by atoms with Crippen LogP contribution in [0.3, 0.4) is 0 Å². The summed E-state index contributed by atoms with van der Waals surface area (Å²) in [5.41, 5.74) is 0. The lowest BCUT2D eigenvalue weighted by Crippen LogP contribution is -2.40. The van der Waals surface area contributed by atoms with Gasteiger partial charge in [-0.1, -0.05) is 0 Å². The highest BCUT2D eigenvalue weighted by Gasteiger charge is 2.18. The maximum absolute atomic E-state index is 11.2. The Kier molecular flexibility index (Phi) is 6.19. The minimum Gasteiger partial charge on any atom is -0.492 e. The second-order valence-corrected chi connectivity index (χ2v) is 7.29. The maximum atomic E-state index is 11.2. The van der Waals surface area contributed by atoms with Gasteiger partial charge in [0.2, 0.25) is 10.0 Å². The van der Waals surface area contributed by atoms with Gasteiger partial charge in [-0.2, -0.15) is 0 Å². The smallest absolute Gasteiger partial charge is 0.238 e. The van der Waals surface area contributed by atoms with Gasteiger partial charge in [0.25, 0.3) is 0 Å². The molecule has 3 N–H and O–H groups in total. The van der Waals surface area contributed by atoms with Crippen molar-refractivity contribution >= 4 is 10.0 Å². The van der Waals surface area contributed by atoms with Gasteiger partial charge in [-0.3, -0.25) is 4.90 Å². The van der Waals surface area contributed by atoms with E-state index in [0.717, 1.165) is 26.2 Å². The first-order valence-corrected chi connectivity index (χ1v) is 9.16. The molecule has 1 heterocycles. The van der Waals surface area contributed by atoms with E-state index in [1.807, 2.05) is 7.05 Å². The van der Waals surface area contributed by atoms with Crippen molar-refractivity contribution in [2.24, 2.45) is 11.1 Å². The number of hydrogen-bond acceptors (Lipinski definition) is 5. The first-order valence-electron chi connectivity index (χ1n) is 7.61. The molecule has 1 aromatic rings. The maximum Gasteiger partial charge on any atom is 0.238 e. The van der Waals surface area contributed by atoms with E-state index in [1.165, 1.54) is 25.0 Å². The molecule has 0 amide bonds. The van der Waals surface area contributed by atoms with Crippen LogP contribution in [-0.4, -0.2) is 53.2 Å². The van der Waals surface area contributed by atoms with E-state index in [-0.39, 0.29) is 4.90 Å². The van der Waals surface area contributed by atoms with Crippen LogP contribution in [0.2, 0.25) is 0 Å². The number of likely N-dealkylation sites (tertiary alicyclic amines) is 1. The van der Waals surface area contributed by atoms with Gasteiger partial charge < -0.3 is 10.1 Å². The van der Waals surface area contributed by atoms with Crippen LogP contribution < -0.4 is 15.2 Å². The second-order valence-electron chi connectivity index (χ2n) is 5.73. The van der Waals surface area contributed by atoms with Crippen LogP contribution in [0.15, 0.2) is 29.2 Å². The fourth-order valence-electron chi connectivity index (χ4n) is 2.83. The number of ether oxygens (including phenoxy) is 1. The van der Waals surface area contributed by atoms with Crippen LogP contribution in [0.4, 0.5) is 0 Å². The normalized spacial score (nSPS) is 20.0. The van der Waals surface area contributed by atoms with Gasteiger partial charge in [0.1, 0.15) is 12.4 Å². The first-order chi connectivity index (χ1) is 10.5. The van der Waals surface area contributed by atoms with Gasteiger partial charge >= 0.3 is 0 Å². The SMILES string of the molecule is CNCC1CCCN(CCOc2ccc(S(N)(=O)=O)cc2)C1. The number of primary sulfonamides is 1. The zero-order valence-electron chi connectivity index (χ0n) is 13.0. The molecule has 0 saturated carbocycles. The summed E-state index contributed by atoms with van der Waals surface area (Å²) in [6.45, 7) is 4.77. The quantitative estimate of drug-likeness (QED) is 0.768. The fraction of sp³-hybridized carbons (Fsp3) is 0.600. The largest absolute Gasteiger partial charge is 0.492 e. The summed E-state index contributed by atoms with van der Waals surface area (Å²) < 4.78 is 28.0. The molecule has 0 aromatic heterocycles. The van der Waals surface area contributed by atoms with Crippen LogP contribution in [0, 0.1) is 5.92 Å². The van der Waals surface area contributed by atoms with E-state index in [4.69, 9.17) is 9.88 Å². The number of nitrogens with one attached hydrogen (secondary N) is 1. The molecule has 1 atom stereocenters. The second kappa shape index (κ2) is 7.92. The van der Waals surface area contributed by atoms with E-state index < -0.39 is 10.0 Å². The molecular formula is C15H25N3O3S. The Hall–Kier alpha value is -1.15. The molecule has 0 radical (unpaired) electrons. The van der Waals surface area contributed by atoms with E-state index in [1.54, 1.807) is 12.1 Å². The average Bonchev–Trinajstić information content (AvgIpc) is 2.48. The van der Waals surface area contributed by atoms with Crippen molar-refractivity contribution in [1.82, 2.24) is 10.2 Å².